The fourth-order valence-electron chi connectivity index (χ4n) is 3.31. The van der Waals surface area contributed by atoms with Gasteiger partial charge < -0.3 is 9.64 Å². The quantitative estimate of drug-likeness (QED) is 0.773. The number of amides is 1. The van der Waals surface area contributed by atoms with E-state index in [4.69, 9.17) is 4.74 Å². The lowest BCUT2D eigenvalue weighted by Gasteiger charge is -2.26. The Balaban J connectivity index is 1.88. The fourth-order valence-corrected chi connectivity index (χ4v) is 4.81. The van der Waals surface area contributed by atoms with E-state index in [1.807, 2.05) is 6.92 Å². The van der Waals surface area contributed by atoms with E-state index in [9.17, 15) is 13.2 Å². The summed E-state index contributed by atoms with van der Waals surface area (Å²) in [5.41, 5.74) is 1.52. The van der Waals surface area contributed by atoms with E-state index in [0.717, 1.165) is 5.57 Å². The van der Waals surface area contributed by atoms with Crippen LogP contribution in [0.25, 0.3) is 0 Å². The summed E-state index contributed by atoms with van der Waals surface area (Å²) in [6, 6.07) is 6.92. The Hall–Kier alpha value is -1.66. The van der Waals surface area contributed by atoms with Gasteiger partial charge in [-0.1, -0.05) is 30.4 Å². The molecule has 5 nitrogen and oxygen atoms in total. The van der Waals surface area contributed by atoms with E-state index in [0.29, 0.717) is 30.0 Å². The number of rotatable bonds is 2. The lowest BCUT2D eigenvalue weighted by atomic mass is 9.95. The van der Waals surface area contributed by atoms with Crippen molar-refractivity contribution in [3.8, 4) is 0 Å². The zero-order valence-corrected chi connectivity index (χ0v) is 14.0. The van der Waals surface area contributed by atoms with Gasteiger partial charge in [0.2, 0.25) is 5.91 Å². The van der Waals surface area contributed by atoms with Crippen molar-refractivity contribution in [2.24, 2.45) is 5.92 Å². The van der Waals surface area contributed by atoms with E-state index < -0.39 is 9.84 Å². The van der Waals surface area contributed by atoms with Crippen LogP contribution < -0.4 is 0 Å². The molecule has 0 N–H and O–H groups in total. The van der Waals surface area contributed by atoms with Gasteiger partial charge in [0.1, 0.15) is 0 Å². The van der Waals surface area contributed by atoms with Crippen molar-refractivity contribution in [3.05, 3.63) is 42.0 Å². The molecule has 2 aliphatic rings. The maximum Gasteiger partial charge on any atom is 0.229 e. The lowest BCUT2D eigenvalue weighted by molar-refractivity contribution is -0.137. The van der Waals surface area contributed by atoms with E-state index in [-0.39, 0.29) is 30.2 Å². The first-order chi connectivity index (χ1) is 10.9. The molecule has 0 radical (unpaired) electrons. The van der Waals surface area contributed by atoms with Crippen LogP contribution in [0.5, 0.6) is 0 Å². The molecule has 1 aromatic carbocycles. The maximum atomic E-state index is 12.9. The molecule has 6 heteroatoms. The SMILES string of the molecule is C=C(C)[C@H]1OCC[C@H]1C(=O)N1CCS(=O)(=O)c2ccccc2C1. The third-order valence-corrected chi connectivity index (χ3v) is 6.29. The molecule has 0 bridgehead atoms. The van der Waals surface area contributed by atoms with Crippen molar-refractivity contribution < 1.29 is 17.9 Å². The summed E-state index contributed by atoms with van der Waals surface area (Å²) in [4.78, 5) is 14.9. The number of benzene rings is 1. The number of ether oxygens (including phenoxy) is 1. The predicted octanol–water partition coefficient (Wildman–Crippen LogP) is 1.78. The third kappa shape index (κ3) is 3.05. The topological polar surface area (TPSA) is 63.7 Å². The molecule has 124 valence electrons. The summed E-state index contributed by atoms with van der Waals surface area (Å²) in [6.07, 6.45) is 0.388. The molecule has 0 spiro atoms. The number of carbonyl (C=O) groups excluding carboxylic acids is 1. The van der Waals surface area contributed by atoms with Crippen molar-refractivity contribution in [1.82, 2.24) is 4.90 Å². The highest BCUT2D eigenvalue weighted by Crippen LogP contribution is 2.30. The Morgan fingerprint density at radius 3 is 2.83 bits per heavy atom. The number of nitrogens with zero attached hydrogens (tertiary/aromatic N) is 1. The summed E-state index contributed by atoms with van der Waals surface area (Å²) >= 11 is 0. The standard InChI is InChI=1S/C17H21NO4S/c1-12(2)16-14(7-9-22-16)17(19)18-8-10-23(20,21)15-6-4-3-5-13(15)11-18/h3-6,14,16H,1,7-11H2,2H3/t14-,16-/m1/s1. The Labute approximate surface area is 136 Å². The van der Waals surface area contributed by atoms with Crippen molar-refractivity contribution in [2.75, 3.05) is 18.9 Å². The van der Waals surface area contributed by atoms with Gasteiger partial charge >= 0.3 is 0 Å². The first kappa shape index (κ1) is 16.2. The van der Waals surface area contributed by atoms with Crippen LogP contribution in [0.2, 0.25) is 0 Å². The zero-order chi connectivity index (χ0) is 16.6. The van der Waals surface area contributed by atoms with Gasteiger partial charge in [-0.25, -0.2) is 8.42 Å². The van der Waals surface area contributed by atoms with Gasteiger partial charge in [-0.3, -0.25) is 4.79 Å². The van der Waals surface area contributed by atoms with Crippen LogP contribution in [-0.4, -0.2) is 44.2 Å². The molecule has 1 aromatic rings. The van der Waals surface area contributed by atoms with Crippen LogP contribution in [0, 0.1) is 5.92 Å². The van der Waals surface area contributed by atoms with Crippen LogP contribution in [0.1, 0.15) is 18.9 Å². The van der Waals surface area contributed by atoms with Gasteiger partial charge in [-0.2, -0.15) is 0 Å². The summed E-state index contributed by atoms with van der Waals surface area (Å²) in [6.45, 7) is 6.84. The Morgan fingerprint density at radius 1 is 1.35 bits per heavy atom. The minimum atomic E-state index is -3.34. The van der Waals surface area contributed by atoms with Crippen molar-refractivity contribution in [1.29, 1.82) is 0 Å². The smallest absolute Gasteiger partial charge is 0.229 e. The Kier molecular flexibility index (Phi) is 4.29. The normalized spacial score (nSPS) is 26.4. The maximum absolute atomic E-state index is 12.9. The van der Waals surface area contributed by atoms with E-state index in [1.165, 1.54) is 0 Å². The average Bonchev–Trinajstić information content (AvgIpc) is 2.96. The first-order valence-corrected chi connectivity index (χ1v) is 9.42. The molecule has 0 saturated carbocycles. The second kappa shape index (κ2) is 6.09. The Bertz CT molecular complexity index is 741. The van der Waals surface area contributed by atoms with Crippen LogP contribution >= 0.6 is 0 Å². The van der Waals surface area contributed by atoms with E-state index in [1.54, 1.807) is 29.2 Å². The second-order valence-electron chi connectivity index (χ2n) is 6.22. The first-order valence-electron chi connectivity index (χ1n) is 7.76. The van der Waals surface area contributed by atoms with Crippen molar-refractivity contribution >= 4 is 15.7 Å². The molecule has 2 atom stereocenters. The molecule has 2 heterocycles. The van der Waals surface area contributed by atoms with Crippen molar-refractivity contribution in [2.45, 2.75) is 30.9 Å². The van der Waals surface area contributed by atoms with Crippen LogP contribution in [-0.2, 0) is 25.9 Å². The van der Waals surface area contributed by atoms with Gasteiger partial charge in [-0.15, -0.1) is 0 Å². The molecule has 0 aliphatic carbocycles. The molecular formula is C17H21NO4S. The highest BCUT2D eigenvalue weighted by Gasteiger charge is 2.38. The van der Waals surface area contributed by atoms with Crippen LogP contribution in [0.3, 0.4) is 0 Å². The number of carbonyl (C=O) groups is 1. The molecule has 23 heavy (non-hydrogen) atoms. The largest absolute Gasteiger partial charge is 0.373 e. The van der Waals surface area contributed by atoms with Crippen molar-refractivity contribution in [3.63, 3.8) is 0 Å². The predicted molar refractivity (Wildman–Crippen MR) is 86.6 cm³/mol. The van der Waals surface area contributed by atoms with E-state index in [2.05, 4.69) is 6.58 Å². The number of hydrogen-bond donors (Lipinski definition) is 0. The summed E-state index contributed by atoms with van der Waals surface area (Å²) in [5.74, 6) is -0.344. The molecule has 1 saturated heterocycles. The Morgan fingerprint density at radius 2 is 2.09 bits per heavy atom. The molecular weight excluding hydrogens is 314 g/mol. The summed E-state index contributed by atoms with van der Waals surface area (Å²) in [7, 11) is -3.34. The second-order valence-corrected chi connectivity index (χ2v) is 8.30. The van der Waals surface area contributed by atoms with Gasteiger partial charge in [0.05, 0.1) is 22.7 Å². The van der Waals surface area contributed by atoms with Gasteiger partial charge in [0.15, 0.2) is 9.84 Å². The highest BCUT2D eigenvalue weighted by molar-refractivity contribution is 7.91. The molecule has 1 amide bonds. The average molecular weight is 335 g/mol. The van der Waals surface area contributed by atoms with Crippen LogP contribution in [0.4, 0.5) is 0 Å². The van der Waals surface area contributed by atoms with Gasteiger partial charge in [0, 0.05) is 19.7 Å². The summed E-state index contributed by atoms with van der Waals surface area (Å²) in [5, 5.41) is 0. The number of sulfone groups is 1. The summed E-state index contributed by atoms with van der Waals surface area (Å²) < 4.78 is 30.4. The number of fused-ring (bicyclic) bond motifs is 1. The third-order valence-electron chi connectivity index (χ3n) is 4.51. The lowest BCUT2D eigenvalue weighted by Crippen LogP contribution is -2.40. The monoisotopic (exact) mass is 335 g/mol. The molecule has 0 aromatic heterocycles. The molecule has 1 fully saturated rings. The number of hydrogen-bond acceptors (Lipinski definition) is 4. The van der Waals surface area contributed by atoms with Crippen LogP contribution in [0.15, 0.2) is 41.3 Å². The molecule has 2 aliphatic heterocycles. The van der Waals surface area contributed by atoms with Gasteiger partial charge in [-0.05, 0) is 25.0 Å². The van der Waals surface area contributed by atoms with Gasteiger partial charge in [0.25, 0.3) is 0 Å². The fraction of sp³-hybridized carbons (Fsp3) is 0.471. The minimum absolute atomic E-state index is 0.0394. The highest BCUT2D eigenvalue weighted by atomic mass is 32.2. The van der Waals surface area contributed by atoms with E-state index >= 15 is 0 Å². The molecule has 0 unspecified atom stereocenters. The zero-order valence-electron chi connectivity index (χ0n) is 13.2. The molecule has 3 rings (SSSR count). The minimum Gasteiger partial charge on any atom is -0.373 e.